The Morgan fingerprint density at radius 1 is 1.06 bits per heavy atom. The van der Waals surface area contributed by atoms with E-state index in [4.69, 9.17) is 4.74 Å². The van der Waals surface area contributed by atoms with Crippen molar-refractivity contribution in [2.75, 3.05) is 4.90 Å². The third kappa shape index (κ3) is 4.73. The van der Waals surface area contributed by atoms with Crippen molar-refractivity contribution in [1.29, 1.82) is 5.26 Å². The molecule has 0 bridgehead atoms. The minimum absolute atomic E-state index is 0.00942. The fourth-order valence-electron chi connectivity index (χ4n) is 4.37. The second-order valence-electron chi connectivity index (χ2n) is 8.14. The van der Waals surface area contributed by atoms with E-state index < -0.39 is 5.97 Å². The Morgan fingerprint density at radius 3 is 2.58 bits per heavy atom. The zero-order valence-electron chi connectivity index (χ0n) is 18.3. The Hall–Kier alpha value is -4.11. The van der Waals surface area contributed by atoms with Crippen molar-refractivity contribution in [2.24, 2.45) is 0 Å². The Morgan fingerprint density at radius 2 is 1.85 bits per heavy atom. The zero-order valence-corrected chi connectivity index (χ0v) is 18.3. The summed E-state index contributed by atoms with van der Waals surface area (Å²) in [6.07, 6.45) is 0.420. The van der Waals surface area contributed by atoms with E-state index in [1.807, 2.05) is 55.5 Å². The number of benzene rings is 3. The molecule has 2 atom stereocenters. The van der Waals surface area contributed by atoms with Gasteiger partial charge in [-0.1, -0.05) is 36.4 Å². The van der Waals surface area contributed by atoms with E-state index in [0.717, 1.165) is 16.8 Å². The van der Waals surface area contributed by atoms with E-state index >= 15 is 0 Å². The second-order valence-corrected chi connectivity index (χ2v) is 8.14. The first kappa shape index (κ1) is 22.1. The number of carboxylic acids is 1. The van der Waals surface area contributed by atoms with Gasteiger partial charge in [0.1, 0.15) is 12.4 Å². The topological polar surface area (TPSA) is 90.6 Å². The van der Waals surface area contributed by atoms with Crippen LogP contribution in [0.2, 0.25) is 0 Å². The molecule has 166 valence electrons. The summed E-state index contributed by atoms with van der Waals surface area (Å²) in [6.45, 7) is 2.35. The molecule has 0 fully saturated rings. The number of hydrogen-bond donors (Lipinski definition) is 1. The maximum Gasteiger partial charge on any atom is 0.303 e. The van der Waals surface area contributed by atoms with E-state index in [1.165, 1.54) is 0 Å². The van der Waals surface area contributed by atoms with E-state index in [1.54, 1.807) is 29.2 Å². The van der Waals surface area contributed by atoms with Crippen molar-refractivity contribution in [2.45, 2.75) is 38.3 Å². The van der Waals surface area contributed by atoms with Crippen LogP contribution >= 0.6 is 0 Å². The highest BCUT2D eigenvalue weighted by molar-refractivity contribution is 6.08. The molecule has 0 radical (unpaired) electrons. The lowest BCUT2D eigenvalue weighted by atomic mass is 9.91. The standard InChI is InChI=1S/C27H24N2O4/c1-18-23(11-13-26(30)31)24-15-22(33-17-19-6-3-2-4-7-19)10-12-25(24)29(18)27(32)21-9-5-8-20(14-21)16-28/h2-10,12,14-15,18,23H,11,13,17H2,1H3,(H,30,31)/t18-,23-/m1/s1. The van der Waals surface area contributed by atoms with Crippen molar-refractivity contribution < 1.29 is 19.4 Å². The van der Waals surface area contributed by atoms with Crippen LogP contribution in [0.5, 0.6) is 5.75 Å². The number of fused-ring (bicyclic) bond motifs is 1. The molecular formula is C27H24N2O4. The summed E-state index contributed by atoms with van der Waals surface area (Å²) < 4.78 is 5.98. The lowest BCUT2D eigenvalue weighted by Gasteiger charge is -2.25. The maximum absolute atomic E-state index is 13.4. The van der Waals surface area contributed by atoms with Gasteiger partial charge < -0.3 is 14.7 Å². The van der Waals surface area contributed by atoms with Gasteiger partial charge in [-0.25, -0.2) is 0 Å². The number of amides is 1. The van der Waals surface area contributed by atoms with Gasteiger partial charge in [-0.3, -0.25) is 9.59 Å². The van der Waals surface area contributed by atoms with Crippen LogP contribution in [0, 0.1) is 11.3 Å². The van der Waals surface area contributed by atoms with E-state index in [2.05, 4.69) is 6.07 Å². The molecule has 0 spiro atoms. The molecule has 0 aromatic heterocycles. The molecule has 0 saturated heterocycles. The Labute approximate surface area is 192 Å². The van der Waals surface area contributed by atoms with Crippen molar-refractivity contribution >= 4 is 17.6 Å². The molecule has 4 rings (SSSR count). The number of nitrogens with zero attached hydrogens (tertiary/aromatic N) is 2. The first-order chi connectivity index (χ1) is 16.0. The molecule has 1 aliphatic rings. The SMILES string of the molecule is C[C@@H]1[C@@H](CCC(=O)O)c2cc(OCc3ccccc3)ccc2N1C(=O)c1cccc(C#N)c1. The molecule has 1 N–H and O–H groups in total. The fraction of sp³-hybridized carbons (Fsp3) is 0.222. The number of hydrogen-bond acceptors (Lipinski definition) is 4. The number of carbonyl (C=O) groups excluding carboxylic acids is 1. The Bertz CT molecular complexity index is 1220. The number of ether oxygens (including phenoxy) is 1. The zero-order chi connectivity index (χ0) is 23.4. The lowest BCUT2D eigenvalue weighted by Crippen LogP contribution is -2.37. The summed E-state index contributed by atoms with van der Waals surface area (Å²) in [5.74, 6) is -0.547. The van der Waals surface area contributed by atoms with Crippen molar-refractivity contribution in [3.8, 4) is 11.8 Å². The number of carbonyl (C=O) groups is 2. The molecule has 3 aromatic carbocycles. The number of carboxylic acid groups (broad SMARTS) is 1. The highest BCUT2D eigenvalue weighted by Gasteiger charge is 2.39. The minimum atomic E-state index is -0.869. The van der Waals surface area contributed by atoms with Crippen LogP contribution in [0.1, 0.15) is 52.7 Å². The molecule has 0 saturated carbocycles. The molecule has 1 amide bonds. The predicted molar refractivity (Wildman–Crippen MR) is 124 cm³/mol. The van der Waals surface area contributed by atoms with Gasteiger partial charge in [0.25, 0.3) is 5.91 Å². The van der Waals surface area contributed by atoms with Gasteiger partial charge in [0.05, 0.1) is 11.6 Å². The van der Waals surface area contributed by atoms with Crippen molar-refractivity contribution in [1.82, 2.24) is 0 Å². The van der Waals surface area contributed by atoms with Crippen LogP contribution in [-0.2, 0) is 11.4 Å². The van der Waals surface area contributed by atoms with E-state index in [0.29, 0.717) is 29.9 Å². The van der Waals surface area contributed by atoms with Crippen LogP contribution in [0.3, 0.4) is 0 Å². The number of rotatable bonds is 7. The van der Waals surface area contributed by atoms with E-state index in [-0.39, 0.29) is 24.3 Å². The maximum atomic E-state index is 13.4. The number of anilines is 1. The van der Waals surface area contributed by atoms with Gasteiger partial charge in [0.15, 0.2) is 0 Å². The van der Waals surface area contributed by atoms with Gasteiger partial charge in [0, 0.05) is 29.6 Å². The molecule has 6 heteroatoms. The van der Waals surface area contributed by atoms with Gasteiger partial charge in [-0.15, -0.1) is 0 Å². The van der Waals surface area contributed by atoms with Gasteiger partial charge in [-0.2, -0.15) is 5.26 Å². The average molecular weight is 440 g/mol. The summed E-state index contributed by atoms with van der Waals surface area (Å²) in [5, 5.41) is 18.4. The minimum Gasteiger partial charge on any atom is -0.489 e. The smallest absolute Gasteiger partial charge is 0.303 e. The average Bonchev–Trinajstić information content (AvgIpc) is 3.11. The molecule has 1 aliphatic heterocycles. The molecule has 3 aromatic rings. The third-order valence-corrected chi connectivity index (χ3v) is 6.02. The first-order valence-electron chi connectivity index (χ1n) is 10.8. The van der Waals surface area contributed by atoms with Crippen LogP contribution in [-0.4, -0.2) is 23.0 Å². The molecular weight excluding hydrogens is 416 g/mol. The largest absolute Gasteiger partial charge is 0.489 e. The van der Waals surface area contributed by atoms with Crippen LogP contribution < -0.4 is 9.64 Å². The Balaban J connectivity index is 1.65. The van der Waals surface area contributed by atoms with Crippen molar-refractivity contribution in [3.63, 3.8) is 0 Å². The summed E-state index contributed by atoms with van der Waals surface area (Å²) >= 11 is 0. The molecule has 1 heterocycles. The quantitative estimate of drug-likeness (QED) is 0.550. The first-order valence-corrected chi connectivity index (χ1v) is 10.8. The summed E-state index contributed by atoms with van der Waals surface area (Å²) in [7, 11) is 0. The lowest BCUT2D eigenvalue weighted by molar-refractivity contribution is -0.137. The highest BCUT2D eigenvalue weighted by atomic mass is 16.5. The van der Waals surface area contributed by atoms with Crippen LogP contribution in [0.4, 0.5) is 5.69 Å². The van der Waals surface area contributed by atoms with Crippen molar-refractivity contribution in [3.05, 3.63) is 95.1 Å². The summed E-state index contributed by atoms with van der Waals surface area (Å²) in [4.78, 5) is 26.4. The number of nitriles is 1. The highest BCUT2D eigenvalue weighted by Crippen LogP contribution is 2.45. The molecule has 33 heavy (non-hydrogen) atoms. The van der Waals surface area contributed by atoms with Gasteiger partial charge in [0.2, 0.25) is 0 Å². The predicted octanol–water partition coefficient (Wildman–Crippen LogP) is 5.13. The van der Waals surface area contributed by atoms with Crippen LogP contribution in [0.25, 0.3) is 0 Å². The van der Waals surface area contributed by atoms with Crippen LogP contribution in [0.15, 0.2) is 72.8 Å². The summed E-state index contributed by atoms with van der Waals surface area (Å²) in [6, 6.07) is 23.9. The third-order valence-electron chi connectivity index (χ3n) is 6.02. The Kier molecular flexibility index (Phi) is 6.41. The van der Waals surface area contributed by atoms with Gasteiger partial charge in [-0.05, 0) is 60.9 Å². The van der Waals surface area contributed by atoms with E-state index in [9.17, 15) is 20.0 Å². The molecule has 0 unspecified atom stereocenters. The summed E-state index contributed by atoms with van der Waals surface area (Å²) in [5.41, 5.74) is 3.54. The second kappa shape index (κ2) is 9.58. The number of aliphatic carboxylic acids is 1. The molecule has 0 aliphatic carbocycles. The molecule has 6 nitrogen and oxygen atoms in total. The monoisotopic (exact) mass is 440 g/mol. The normalized spacial score (nSPS) is 16.7. The van der Waals surface area contributed by atoms with Gasteiger partial charge >= 0.3 is 5.97 Å². The fourth-order valence-corrected chi connectivity index (χ4v) is 4.37.